The highest BCUT2D eigenvalue weighted by Crippen LogP contribution is 2.44. The van der Waals surface area contributed by atoms with Crippen LogP contribution in [0.1, 0.15) is 43.2 Å². The van der Waals surface area contributed by atoms with Crippen LogP contribution in [0.25, 0.3) is 11.1 Å². The smallest absolute Gasteiger partial charge is 0.407 e. The van der Waals surface area contributed by atoms with Crippen molar-refractivity contribution in [3.8, 4) is 11.1 Å². The van der Waals surface area contributed by atoms with Crippen molar-refractivity contribution in [1.82, 2.24) is 10.2 Å². The van der Waals surface area contributed by atoms with Gasteiger partial charge in [0.1, 0.15) is 12.6 Å². The second-order valence-corrected chi connectivity index (χ2v) is 8.63. The summed E-state index contributed by atoms with van der Waals surface area (Å²) in [4.78, 5) is 38.2. The summed E-state index contributed by atoms with van der Waals surface area (Å²) in [6.45, 7) is 1.91. The molecule has 33 heavy (non-hydrogen) atoms. The Balaban J connectivity index is 1.39. The number of carboxylic acid groups (broad SMARTS) is 1. The fraction of sp³-hybridized carbons (Fsp3) is 0.400. The zero-order valence-corrected chi connectivity index (χ0v) is 18.5. The number of carboxylic acids is 1. The van der Waals surface area contributed by atoms with Gasteiger partial charge >= 0.3 is 12.1 Å². The van der Waals surface area contributed by atoms with Gasteiger partial charge in [-0.25, -0.2) is 9.59 Å². The molecular weight excluding hydrogens is 424 g/mol. The Kier molecular flexibility index (Phi) is 6.37. The largest absolute Gasteiger partial charge is 0.479 e. The number of benzene rings is 2. The SMILES string of the molecule is CCC(NC(=O)OCC1c2ccccc2-c2ccccc21)C(=O)N1CCCC(O)(C(=O)O)C1. The number of piperidine rings is 1. The number of rotatable bonds is 6. The molecular formula is C25H28N2O6. The Morgan fingerprint density at radius 2 is 1.73 bits per heavy atom. The van der Waals surface area contributed by atoms with Crippen molar-refractivity contribution >= 4 is 18.0 Å². The molecule has 2 aromatic rings. The summed E-state index contributed by atoms with van der Waals surface area (Å²) < 4.78 is 5.52. The number of amides is 2. The lowest BCUT2D eigenvalue weighted by Gasteiger charge is -2.37. The summed E-state index contributed by atoms with van der Waals surface area (Å²) in [5.74, 6) is -1.87. The van der Waals surface area contributed by atoms with Crippen molar-refractivity contribution in [2.75, 3.05) is 19.7 Å². The number of fused-ring (bicyclic) bond motifs is 3. The van der Waals surface area contributed by atoms with E-state index in [-0.39, 0.29) is 25.5 Å². The minimum absolute atomic E-state index is 0.0860. The number of ether oxygens (including phenoxy) is 1. The molecule has 1 aliphatic heterocycles. The van der Waals surface area contributed by atoms with E-state index in [0.717, 1.165) is 22.3 Å². The van der Waals surface area contributed by atoms with Crippen molar-refractivity contribution in [2.24, 2.45) is 0 Å². The number of likely N-dealkylation sites (tertiary alicyclic amines) is 1. The molecule has 0 spiro atoms. The highest BCUT2D eigenvalue weighted by atomic mass is 16.5. The van der Waals surface area contributed by atoms with Crippen molar-refractivity contribution in [1.29, 1.82) is 0 Å². The van der Waals surface area contributed by atoms with Gasteiger partial charge in [-0.1, -0.05) is 55.5 Å². The van der Waals surface area contributed by atoms with Gasteiger partial charge < -0.3 is 25.2 Å². The van der Waals surface area contributed by atoms with Gasteiger partial charge in [0.05, 0.1) is 6.54 Å². The maximum Gasteiger partial charge on any atom is 0.407 e. The first kappa shape index (κ1) is 22.8. The molecule has 1 aliphatic carbocycles. The van der Waals surface area contributed by atoms with Crippen LogP contribution in [0.3, 0.4) is 0 Å². The van der Waals surface area contributed by atoms with E-state index in [2.05, 4.69) is 17.4 Å². The molecule has 3 N–H and O–H groups in total. The lowest BCUT2D eigenvalue weighted by atomic mass is 9.92. The molecule has 4 rings (SSSR count). The van der Waals surface area contributed by atoms with Crippen LogP contribution in [0.2, 0.25) is 0 Å². The number of nitrogens with one attached hydrogen (secondary N) is 1. The minimum Gasteiger partial charge on any atom is -0.479 e. The summed E-state index contributed by atoms with van der Waals surface area (Å²) in [7, 11) is 0. The molecule has 2 amide bonds. The van der Waals surface area contributed by atoms with Crippen LogP contribution < -0.4 is 5.32 Å². The molecule has 8 nitrogen and oxygen atoms in total. The second-order valence-electron chi connectivity index (χ2n) is 8.63. The maximum absolute atomic E-state index is 12.9. The predicted molar refractivity (Wildman–Crippen MR) is 121 cm³/mol. The number of hydrogen-bond acceptors (Lipinski definition) is 5. The molecule has 2 unspecified atom stereocenters. The third-order valence-corrected chi connectivity index (χ3v) is 6.52. The van der Waals surface area contributed by atoms with Crippen molar-refractivity contribution in [3.63, 3.8) is 0 Å². The third kappa shape index (κ3) is 4.43. The Bertz CT molecular complexity index is 1020. The van der Waals surface area contributed by atoms with Gasteiger partial charge in [0, 0.05) is 12.5 Å². The highest BCUT2D eigenvalue weighted by Gasteiger charge is 2.43. The zero-order chi connectivity index (χ0) is 23.6. The number of aliphatic carboxylic acids is 1. The molecule has 0 radical (unpaired) electrons. The molecule has 0 aromatic heterocycles. The van der Waals surface area contributed by atoms with Gasteiger partial charge in [-0.15, -0.1) is 0 Å². The quantitative estimate of drug-likeness (QED) is 0.621. The molecule has 1 fully saturated rings. The van der Waals surface area contributed by atoms with Gasteiger partial charge in [-0.05, 0) is 41.5 Å². The summed E-state index contributed by atoms with van der Waals surface area (Å²) >= 11 is 0. The monoisotopic (exact) mass is 452 g/mol. The van der Waals surface area contributed by atoms with Gasteiger partial charge in [0.15, 0.2) is 5.60 Å². The molecule has 174 valence electrons. The van der Waals surface area contributed by atoms with Gasteiger partial charge in [-0.3, -0.25) is 4.79 Å². The van der Waals surface area contributed by atoms with Crippen molar-refractivity contribution < 1.29 is 29.3 Å². The topological polar surface area (TPSA) is 116 Å². The molecule has 8 heteroatoms. The van der Waals surface area contributed by atoms with E-state index in [1.54, 1.807) is 6.92 Å². The van der Waals surface area contributed by atoms with Gasteiger partial charge in [0.25, 0.3) is 0 Å². The Morgan fingerprint density at radius 1 is 1.12 bits per heavy atom. The number of nitrogens with zero attached hydrogens (tertiary/aromatic N) is 1. The fourth-order valence-electron chi connectivity index (χ4n) is 4.74. The van der Waals surface area contributed by atoms with Crippen LogP contribution in [0, 0.1) is 0 Å². The normalized spacial score (nSPS) is 20.5. The molecule has 1 heterocycles. The average Bonchev–Trinajstić information content (AvgIpc) is 3.14. The van der Waals surface area contributed by atoms with Crippen LogP contribution in [-0.2, 0) is 14.3 Å². The van der Waals surface area contributed by atoms with E-state index >= 15 is 0 Å². The summed E-state index contributed by atoms with van der Waals surface area (Å²) in [6, 6.07) is 15.2. The Hall–Kier alpha value is -3.39. The zero-order valence-electron chi connectivity index (χ0n) is 18.5. The molecule has 2 aliphatic rings. The lowest BCUT2D eigenvalue weighted by molar-refractivity contribution is -0.167. The van der Waals surface area contributed by atoms with E-state index < -0.39 is 29.6 Å². The minimum atomic E-state index is -1.96. The number of carbonyl (C=O) groups is 3. The first-order chi connectivity index (χ1) is 15.8. The van der Waals surface area contributed by atoms with Crippen LogP contribution in [0.4, 0.5) is 4.79 Å². The third-order valence-electron chi connectivity index (χ3n) is 6.52. The fourth-order valence-corrected chi connectivity index (χ4v) is 4.74. The molecule has 1 saturated heterocycles. The number of β-amino-alcohol motifs (C(OH)–C–C–N with tert-alkyl or cyclic N) is 1. The second kappa shape index (κ2) is 9.23. The van der Waals surface area contributed by atoms with Gasteiger partial charge in [-0.2, -0.15) is 0 Å². The molecule has 2 atom stereocenters. The van der Waals surface area contributed by atoms with E-state index in [1.165, 1.54) is 4.90 Å². The van der Waals surface area contributed by atoms with Gasteiger partial charge in [0.2, 0.25) is 5.91 Å². The van der Waals surface area contributed by atoms with Crippen LogP contribution in [-0.4, -0.2) is 64.4 Å². The van der Waals surface area contributed by atoms with Crippen LogP contribution in [0.15, 0.2) is 48.5 Å². The van der Waals surface area contributed by atoms with E-state index in [9.17, 15) is 24.6 Å². The predicted octanol–water partition coefficient (Wildman–Crippen LogP) is 2.74. The summed E-state index contributed by atoms with van der Waals surface area (Å²) in [6.07, 6.45) is 0.0616. The number of hydrogen-bond donors (Lipinski definition) is 3. The van der Waals surface area contributed by atoms with Crippen molar-refractivity contribution in [2.45, 2.75) is 43.7 Å². The summed E-state index contributed by atoms with van der Waals surface area (Å²) in [5.41, 5.74) is 2.47. The first-order valence-electron chi connectivity index (χ1n) is 11.2. The van der Waals surface area contributed by atoms with E-state index in [0.29, 0.717) is 19.4 Å². The maximum atomic E-state index is 12.9. The standard InChI is InChI=1S/C25H28N2O6/c1-2-21(22(28)27-13-7-12-25(32,15-27)23(29)30)26-24(31)33-14-20-18-10-5-3-8-16(18)17-9-4-6-11-19(17)20/h3-6,8-11,20-21,32H,2,7,12-15H2,1H3,(H,26,31)(H,29,30). The average molecular weight is 453 g/mol. The summed E-state index contributed by atoms with van der Waals surface area (Å²) in [5, 5.41) is 22.1. The lowest BCUT2D eigenvalue weighted by Crippen LogP contribution is -2.58. The highest BCUT2D eigenvalue weighted by molar-refractivity contribution is 5.87. The molecule has 0 saturated carbocycles. The number of alkyl carbamates (subject to hydrolysis) is 1. The Morgan fingerprint density at radius 3 is 2.30 bits per heavy atom. The van der Waals surface area contributed by atoms with E-state index in [1.807, 2.05) is 36.4 Å². The number of aliphatic hydroxyl groups is 1. The van der Waals surface area contributed by atoms with Crippen LogP contribution >= 0.6 is 0 Å². The van der Waals surface area contributed by atoms with Crippen molar-refractivity contribution in [3.05, 3.63) is 59.7 Å². The molecule has 0 bridgehead atoms. The Labute approximate surface area is 192 Å². The number of carbonyl (C=O) groups excluding carboxylic acids is 2. The first-order valence-corrected chi connectivity index (χ1v) is 11.2. The van der Waals surface area contributed by atoms with Crippen LogP contribution in [0.5, 0.6) is 0 Å². The van der Waals surface area contributed by atoms with E-state index in [4.69, 9.17) is 4.74 Å². The molecule has 2 aromatic carbocycles.